The first-order valence-electron chi connectivity index (χ1n) is 42.6. The van der Waals surface area contributed by atoms with Crippen molar-refractivity contribution in [2.24, 2.45) is 34.1 Å². The Bertz CT molecular complexity index is 6440. The summed E-state index contributed by atoms with van der Waals surface area (Å²) in [7, 11) is 19.4. The Morgan fingerprint density at radius 1 is 0.336 bits per heavy atom. The van der Waals surface area contributed by atoms with Crippen LogP contribution in [0.3, 0.4) is 0 Å². The van der Waals surface area contributed by atoms with Crippen LogP contribution < -0.4 is 57.7 Å². The minimum atomic E-state index is -3.58. The molecule has 0 saturated heterocycles. The summed E-state index contributed by atoms with van der Waals surface area (Å²) < 4.78 is 49.0. The summed E-state index contributed by atoms with van der Waals surface area (Å²) in [6.45, 7) is 9.22. The lowest BCUT2D eigenvalue weighted by molar-refractivity contribution is 0.274. The molecule has 6 heterocycles. The van der Waals surface area contributed by atoms with Crippen LogP contribution in [0, 0.1) is 5.92 Å². The number of ether oxygens (including phenoxy) is 3. The molecule has 9 aromatic carbocycles. The van der Waals surface area contributed by atoms with Gasteiger partial charge >= 0.3 is 0 Å². The molecule has 2 unspecified atom stereocenters. The van der Waals surface area contributed by atoms with Crippen molar-refractivity contribution in [1.82, 2.24) is 68.7 Å². The maximum Gasteiger partial charge on any atom is 0.276 e. The van der Waals surface area contributed by atoms with Gasteiger partial charge in [-0.1, -0.05) is 146 Å². The molecule has 15 aromatic rings. The fraction of sp³-hybridized carbons (Fsp3) is 0.280. The van der Waals surface area contributed by atoms with Crippen molar-refractivity contribution in [3.8, 4) is 28.9 Å². The number of benzene rings is 9. The minimum absolute atomic E-state index is 0.0148. The largest absolute Gasteiger partial charge is 0.493 e. The van der Waals surface area contributed by atoms with Gasteiger partial charge in [-0.2, -0.15) is 20.4 Å². The second-order valence-corrected chi connectivity index (χ2v) is 35.0. The van der Waals surface area contributed by atoms with Gasteiger partial charge in [-0.05, 0) is 234 Å². The monoisotopic (exact) mass is 1740 g/mol. The Balaban J connectivity index is 0.000000146. The summed E-state index contributed by atoms with van der Waals surface area (Å²) >= 11 is 0. The van der Waals surface area contributed by atoms with Crippen LogP contribution in [0.15, 0.2) is 302 Å². The zero-order valence-electron chi connectivity index (χ0n) is 75.1. The number of hydrogen-bond donors (Lipinski definition) is 4. The molecular weight excluding hydrogens is 1630 g/mol. The van der Waals surface area contributed by atoms with Crippen molar-refractivity contribution in [3.63, 3.8) is 0 Å². The molecule has 1 fully saturated rings. The van der Waals surface area contributed by atoms with E-state index in [-0.39, 0.29) is 80.4 Å². The molecule has 1 saturated carbocycles. The van der Waals surface area contributed by atoms with Gasteiger partial charge in [-0.25, -0.2) is 32.1 Å². The van der Waals surface area contributed by atoms with Gasteiger partial charge in [0.1, 0.15) is 28.5 Å². The molecule has 0 amide bonds. The third-order valence-corrected chi connectivity index (χ3v) is 24.3. The molecule has 27 nitrogen and oxygen atoms in total. The first-order chi connectivity index (χ1) is 61.5. The van der Waals surface area contributed by atoms with Crippen molar-refractivity contribution < 1.29 is 22.6 Å². The first kappa shape index (κ1) is 91.9. The number of nitrogens with one attached hydrogen (secondary N) is 4. The van der Waals surface area contributed by atoms with Gasteiger partial charge < -0.3 is 55.1 Å². The summed E-state index contributed by atoms with van der Waals surface area (Å²) in [6, 6.07) is 81.6. The van der Waals surface area contributed by atoms with Crippen molar-refractivity contribution in [2.45, 2.75) is 98.7 Å². The van der Waals surface area contributed by atoms with Gasteiger partial charge in [0.15, 0.2) is 23.3 Å². The Kier molecular flexibility index (Phi) is 29.8. The average molecular weight is 1740 g/mol. The van der Waals surface area contributed by atoms with E-state index in [2.05, 4.69) is 169 Å². The van der Waals surface area contributed by atoms with E-state index in [1.807, 2.05) is 193 Å². The summed E-state index contributed by atoms with van der Waals surface area (Å²) in [5, 5.41) is 36.9. The highest BCUT2D eigenvalue weighted by atomic mass is 32.2. The molecule has 0 radical (unpaired) electrons. The summed E-state index contributed by atoms with van der Waals surface area (Å²) in [6.07, 6.45) is 5.92. The maximum absolute atomic E-state index is 12.9. The first-order valence-corrected chi connectivity index (χ1v) is 44.1. The number of nitrogens with zero attached hydrogens (tertiary/aromatic N) is 14. The highest BCUT2D eigenvalue weighted by Gasteiger charge is 2.30. The number of aromatic nitrogens is 10. The smallest absolute Gasteiger partial charge is 0.276 e. The standard InChI is InChI=1S/C26H28N4O2.C25H27N5O3S.C25H27N5O2.C24H30N4O2/c1-18(27-25-22-12-8-9-13-23(22)26(31)30(4)28-25)24(29(2)3)19-14-16-21(17-15-19)32-20-10-6-5-7-11-20;1-17(27-24-22-21(11-8-16-26-22)25(31)30(4)28-24)23(29(2)3)18-12-14-20(15-13-18)34(32,33)19-9-6-5-7-10-19;1-17(27-24-20-9-5-6-10-21(20)25(31)30(4)28-24)23(29(2)3)18-12-14-19(15-13-18)32-22-11-7-8-16-26-22;1-16(25-23-20-7-5-6-8-21(20)24(29)28(4)26-23)22(27(2)3)18-11-13-19(14-12-18)30-15-17-9-10-17/h5-18,24H,1-4H3,(H,27,28);5-17,23H,1-4H3,(H,27,28);5-17,23H,1-4H3,(H,27,28);5-8,11-14,16-17,22H,9-10,15H2,1-4H3,(H,25,26)/t18-,24+;;17-,23+;16-,22+/m0.00/s1. The normalized spacial score (nSPS) is 13.9. The molecule has 4 N–H and O–H groups in total. The number of fused-ring (bicyclic) bond motifs is 4. The second kappa shape index (κ2) is 41.6. The molecular formula is C100H112N18O9S. The number of hydrogen-bond acceptors (Lipinski definition) is 23. The van der Waals surface area contributed by atoms with E-state index in [1.54, 1.807) is 95.2 Å². The van der Waals surface area contributed by atoms with Crippen molar-refractivity contribution >= 4 is 76.3 Å². The molecule has 16 rings (SSSR count). The molecule has 6 aromatic heterocycles. The lowest BCUT2D eigenvalue weighted by atomic mass is 9.99. The number of aryl methyl sites for hydroxylation is 4. The number of para-hydroxylation sites is 1. The Morgan fingerprint density at radius 2 is 0.641 bits per heavy atom. The number of sulfone groups is 1. The third kappa shape index (κ3) is 22.2. The van der Waals surface area contributed by atoms with Crippen LogP contribution in [-0.4, -0.2) is 164 Å². The highest BCUT2D eigenvalue weighted by molar-refractivity contribution is 7.91. The van der Waals surface area contributed by atoms with Gasteiger partial charge in [0.2, 0.25) is 15.7 Å². The molecule has 0 spiro atoms. The minimum Gasteiger partial charge on any atom is -0.493 e. The van der Waals surface area contributed by atoms with Crippen LogP contribution in [-0.2, 0) is 38.0 Å². The Labute approximate surface area is 746 Å². The number of rotatable bonds is 29. The van der Waals surface area contributed by atoms with E-state index in [4.69, 9.17) is 14.2 Å². The molecule has 662 valence electrons. The average Bonchev–Trinajstić information content (AvgIpc) is 0.960. The predicted octanol–water partition coefficient (Wildman–Crippen LogP) is 16.1. The van der Waals surface area contributed by atoms with Crippen molar-refractivity contribution in [1.29, 1.82) is 0 Å². The molecule has 1 aliphatic carbocycles. The van der Waals surface area contributed by atoms with E-state index in [0.717, 1.165) is 74.2 Å². The van der Waals surface area contributed by atoms with Crippen LogP contribution in [0.1, 0.15) is 87.0 Å². The van der Waals surface area contributed by atoms with E-state index >= 15 is 0 Å². The topological polar surface area (TPSA) is 288 Å². The molecule has 0 bridgehead atoms. The van der Waals surface area contributed by atoms with Crippen LogP contribution >= 0.6 is 0 Å². The van der Waals surface area contributed by atoms with Crippen LogP contribution in [0.2, 0.25) is 0 Å². The van der Waals surface area contributed by atoms with Crippen molar-refractivity contribution in [2.75, 3.05) is 84.3 Å². The highest BCUT2D eigenvalue weighted by Crippen LogP contribution is 2.36. The lowest BCUT2D eigenvalue weighted by Gasteiger charge is -2.32. The molecule has 0 aliphatic heterocycles. The third-order valence-electron chi connectivity index (χ3n) is 22.5. The number of pyridine rings is 2. The Hall–Kier alpha value is -13.8. The number of anilines is 4. The SMILES string of the molecule is CC(Nc1nn(C)c(=O)c2cccnc12)C(c1ccc(S(=O)(=O)c2ccccc2)cc1)N(C)C.C[C@H](Nc1nn(C)c(=O)c2ccccc12)[C@H](c1ccc(OCC2CC2)cc1)N(C)C.C[C@H](Nc1nn(C)c(=O)c2ccccc12)[C@H](c1ccc(Oc2ccccc2)cc1)N(C)C.C[C@H](Nc1nn(C)c(=O)c2ccccc12)[C@H](c1ccc(Oc2ccccn2)cc1)N(C)C. The summed E-state index contributed by atoms with van der Waals surface area (Å²) in [5.41, 5.74) is 4.45. The second-order valence-electron chi connectivity index (χ2n) is 33.0. The molecule has 28 heteroatoms. The van der Waals surface area contributed by atoms with Gasteiger partial charge in [-0.15, -0.1) is 0 Å². The van der Waals surface area contributed by atoms with E-state index in [0.29, 0.717) is 50.4 Å². The predicted molar refractivity (Wildman–Crippen MR) is 510 cm³/mol. The Morgan fingerprint density at radius 3 is 1.02 bits per heavy atom. The summed E-state index contributed by atoms with van der Waals surface area (Å²) in [4.78, 5) is 67.4. The van der Waals surface area contributed by atoms with Gasteiger partial charge in [-0.3, -0.25) is 24.2 Å². The van der Waals surface area contributed by atoms with E-state index in [1.165, 1.54) is 37.1 Å². The van der Waals surface area contributed by atoms with Crippen molar-refractivity contribution in [3.05, 3.63) is 337 Å². The van der Waals surface area contributed by atoms with Gasteiger partial charge in [0.25, 0.3) is 22.2 Å². The molecule has 1 aliphatic rings. The van der Waals surface area contributed by atoms with E-state index in [9.17, 15) is 27.6 Å². The fourth-order valence-electron chi connectivity index (χ4n) is 16.3. The van der Waals surface area contributed by atoms with Crippen LogP contribution in [0.25, 0.3) is 43.2 Å². The zero-order chi connectivity index (χ0) is 91.0. The van der Waals surface area contributed by atoms with Crippen LogP contribution in [0.4, 0.5) is 23.3 Å². The quantitative estimate of drug-likeness (QED) is 0.0339. The summed E-state index contributed by atoms with van der Waals surface area (Å²) in [5.74, 6) is 7.20. The maximum atomic E-state index is 12.9. The zero-order valence-corrected chi connectivity index (χ0v) is 76.0. The van der Waals surface area contributed by atoms with E-state index < -0.39 is 9.84 Å². The number of likely N-dealkylation sites (N-methyl/N-ethyl adjacent to an activating group) is 4. The van der Waals surface area contributed by atoms with Crippen LogP contribution in [0.5, 0.6) is 28.9 Å². The lowest BCUT2D eigenvalue weighted by Crippen LogP contribution is -2.35. The van der Waals surface area contributed by atoms with Gasteiger partial charge in [0, 0.05) is 87.0 Å². The van der Waals surface area contributed by atoms with Gasteiger partial charge in [0.05, 0.1) is 62.1 Å². The molecule has 128 heavy (non-hydrogen) atoms. The molecule has 8 atom stereocenters. The fourth-order valence-corrected chi connectivity index (χ4v) is 17.6.